The van der Waals surface area contributed by atoms with Crippen LogP contribution < -0.4 is 15.4 Å². The summed E-state index contributed by atoms with van der Waals surface area (Å²) in [5.41, 5.74) is -0.581. The Labute approximate surface area is 129 Å². The number of amides is 3. The van der Waals surface area contributed by atoms with E-state index in [1.54, 1.807) is 6.07 Å². The third kappa shape index (κ3) is 1.74. The fourth-order valence-corrected chi connectivity index (χ4v) is 3.73. The molecule has 2 N–H and O–H groups in total. The molecule has 0 bridgehead atoms. The minimum atomic E-state index is -1.21. The minimum absolute atomic E-state index is 0.239. The molecule has 3 aliphatic rings. The molecule has 3 aliphatic heterocycles. The van der Waals surface area contributed by atoms with E-state index in [-0.39, 0.29) is 12.0 Å². The van der Waals surface area contributed by atoms with Gasteiger partial charge in [-0.2, -0.15) is 0 Å². The van der Waals surface area contributed by atoms with E-state index in [0.717, 1.165) is 17.3 Å². The highest BCUT2D eigenvalue weighted by atomic mass is 79.9. The standard InChI is InChI=1S/C14H13BrN2O4/c15-7-3-4-9-8(6-7)14(12(18)16-13(19)17-14)11-10(21-9)2-1-5-20-11/h3-4,6,10-11H,1-2,5H2,(H2,16,17,18,19)/t10-,11+,14+/m0/s1. The number of halogens is 1. The number of fused-ring (bicyclic) bond motifs is 4. The van der Waals surface area contributed by atoms with Crippen molar-refractivity contribution in [2.24, 2.45) is 0 Å². The summed E-state index contributed by atoms with van der Waals surface area (Å²) in [7, 11) is 0. The quantitative estimate of drug-likeness (QED) is 0.692. The van der Waals surface area contributed by atoms with Crippen molar-refractivity contribution in [3.63, 3.8) is 0 Å². The molecule has 21 heavy (non-hydrogen) atoms. The maximum Gasteiger partial charge on any atom is 0.322 e. The maximum absolute atomic E-state index is 12.5. The molecule has 2 saturated heterocycles. The van der Waals surface area contributed by atoms with Gasteiger partial charge >= 0.3 is 6.03 Å². The van der Waals surface area contributed by atoms with Crippen molar-refractivity contribution in [2.75, 3.05) is 6.61 Å². The molecule has 3 amide bonds. The summed E-state index contributed by atoms with van der Waals surface area (Å²) in [6.07, 6.45) is 0.917. The van der Waals surface area contributed by atoms with E-state index in [1.165, 1.54) is 0 Å². The van der Waals surface area contributed by atoms with Crippen LogP contribution in [0.5, 0.6) is 5.75 Å². The van der Waals surface area contributed by atoms with Crippen LogP contribution in [0.4, 0.5) is 4.79 Å². The Hall–Kier alpha value is -1.60. The van der Waals surface area contributed by atoms with Crippen LogP contribution in [-0.4, -0.2) is 30.8 Å². The highest BCUT2D eigenvalue weighted by molar-refractivity contribution is 9.10. The molecule has 3 atom stereocenters. The van der Waals surface area contributed by atoms with Gasteiger partial charge in [0.05, 0.1) is 0 Å². The molecule has 6 nitrogen and oxygen atoms in total. The van der Waals surface area contributed by atoms with Gasteiger partial charge in [0.15, 0.2) is 5.54 Å². The van der Waals surface area contributed by atoms with E-state index in [2.05, 4.69) is 26.6 Å². The van der Waals surface area contributed by atoms with E-state index in [9.17, 15) is 9.59 Å². The molecule has 0 aromatic heterocycles. The predicted octanol–water partition coefficient (Wildman–Crippen LogP) is 1.42. The Morgan fingerprint density at radius 2 is 2.19 bits per heavy atom. The van der Waals surface area contributed by atoms with Crippen molar-refractivity contribution in [2.45, 2.75) is 30.6 Å². The molecule has 2 fully saturated rings. The van der Waals surface area contributed by atoms with Crippen molar-refractivity contribution in [1.82, 2.24) is 10.6 Å². The minimum Gasteiger partial charge on any atom is -0.487 e. The zero-order chi connectivity index (χ0) is 14.6. The average Bonchev–Trinajstić information content (AvgIpc) is 2.76. The van der Waals surface area contributed by atoms with Gasteiger partial charge in [-0.15, -0.1) is 0 Å². The second kappa shape index (κ2) is 4.45. The number of nitrogens with one attached hydrogen (secondary N) is 2. The first-order valence-electron chi connectivity index (χ1n) is 6.83. The smallest absolute Gasteiger partial charge is 0.322 e. The van der Waals surface area contributed by atoms with Gasteiger partial charge in [0.2, 0.25) is 0 Å². The first-order chi connectivity index (χ1) is 10.1. The number of benzene rings is 1. The summed E-state index contributed by atoms with van der Waals surface area (Å²) in [5.74, 6) is 0.231. The van der Waals surface area contributed by atoms with E-state index >= 15 is 0 Å². The van der Waals surface area contributed by atoms with Crippen LogP contribution in [-0.2, 0) is 15.1 Å². The summed E-state index contributed by atoms with van der Waals surface area (Å²) in [5, 5.41) is 5.11. The summed E-state index contributed by atoms with van der Waals surface area (Å²) in [6.45, 7) is 0.554. The molecular formula is C14H13BrN2O4. The van der Waals surface area contributed by atoms with Crippen molar-refractivity contribution in [1.29, 1.82) is 0 Å². The van der Waals surface area contributed by atoms with E-state index in [0.29, 0.717) is 17.9 Å². The van der Waals surface area contributed by atoms with Gasteiger partial charge in [-0.1, -0.05) is 15.9 Å². The van der Waals surface area contributed by atoms with Crippen LogP contribution in [0.25, 0.3) is 0 Å². The largest absolute Gasteiger partial charge is 0.487 e. The number of ether oxygens (including phenoxy) is 2. The Bertz CT molecular complexity index is 650. The fourth-order valence-electron chi connectivity index (χ4n) is 3.37. The highest BCUT2D eigenvalue weighted by Crippen LogP contribution is 2.45. The zero-order valence-corrected chi connectivity index (χ0v) is 12.6. The molecule has 0 aliphatic carbocycles. The summed E-state index contributed by atoms with van der Waals surface area (Å²) < 4.78 is 12.6. The van der Waals surface area contributed by atoms with Crippen molar-refractivity contribution < 1.29 is 19.1 Å². The zero-order valence-electron chi connectivity index (χ0n) is 11.0. The van der Waals surface area contributed by atoms with Gasteiger partial charge in [0, 0.05) is 16.6 Å². The molecular weight excluding hydrogens is 340 g/mol. The molecule has 0 unspecified atom stereocenters. The Morgan fingerprint density at radius 1 is 1.33 bits per heavy atom. The van der Waals surface area contributed by atoms with Gasteiger partial charge < -0.3 is 14.8 Å². The van der Waals surface area contributed by atoms with Gasteiger partial charge in [-0.25, -0.2) is 4.79 Å². The number of urea groups is 1. The molecule has 0 saturated carbocycles. The van der Waals surface area contributed by atoms with Crippen molar-refractivity contribution in [3.8, 4) is 5.75 Å². The Balaban J connectivity index is 1.94. The third-order valence-electron chi connectivity index (χ3n) is 4.24. The average molecular weight is 353 g/mol. The van der Waals surface area contributed by atoms with E-state index < -0.39 is 17.7 Å². The van der Waals surface area contributed by atoms with Crippen LogP contribution in [0.1, 0.15) is 18.4 Å². The Morgan fingerprint density at radius 3 is 2.95 bits per heavy atom. The lowest BCUT2D eigenvalue weighted by molar-refractivity contribution is -0.148. The van der Waals surface area contributed by atoms with Crippen molar-refractivity contribution >= 4 is 27.9 Å². The lowest BCUT2D eigenvalue weighted by Crippen LogP contribution is -2.63. The SMILES string of the molecule is O=C1NC(=O)[C@@]2(N1)c1cc(Br)ccc1O[C@H]1CCCO[C@H]12. The third-order valence-corrected chi connectivity index (χ3v) is 4.73. The molecule has 0 radical (unpaired) electrons. The lowest BCUT2D eigenvalue weighted by Gasteiger charge is -2.46. The number of carbonyl (C=O) groups excluding carboxylic acids is 2. The molecule has 4 rings (SSSR count). The van der Waals surface area contributed by atoms with Crippen LogP contribution in [0.15, 0.2) is 22.7 Å². The molecule has 1 aromatic carbocycles. The monoisotopic (exact) mass is 352 g/mol. The second-order valence-electron chi connectivity index (χ2n) is 5.45. The summed E-state index contributed by atoms with van der Waals surface area (Å²) in [4.78, 5) is 24.3. The van der Waals surface area contributed by atoms with Crippen LogP contribution in [0.3, 0.4) is 0 Å². The molecule has 110 valence electrons. The lowest BCUT2D eigenvalue weighted by atomic mass is 9.77. The summed E-state index contributed by atoms with van der Waals surface area (Å²) in [6, 6.07) is 4.96. The van der Waals surface area contributed by atoms with Gasteiger partial charge in [0.1, 0.15) is 18.0 Å². The molecule has 1 spiro atoms. The first kappa shape index (κ1) is 13.1. The van der Waals surface area contributed by atoms with Gasteiger partial charge in [0.25, 0.3) is 5.91 Å². The van der Waals surface area contributed by atoms with Gasteiger partial charge in [-0.3, -0.25) is 10.1 Å². The highest BCUT2D eigenvalue weighted by Gasteiger charge is 2.61. The number of imide groups is 1. The normalized spacial score (nSPS) is 33.8. The topological polar surface area (TPSA) is 76.7 Å². The van der Waals surface area contributed by atoms with Crippen LogP contribution in [0, 0.1) is 0 Å². The number of rotatable bonds is 0. The number of carbonyl (C=O) groups is 2. The van der Waals surface area contributed by atoms with Gasteiger partial charge in [-0.05, 0) is 31.0 Å². The second-order valence-corrected chi connectivity index (χ2v) is 6.36. The van der Waals surface area contributed by atoms with E-state index in [1.807, 2.05) is 12.1 Å². The first-order valence-corrected chi connectivity index (χ1v) is 7.62. The van der Waals surface area contributed by atoms with Crippen LogP contribution in [0.2, 0.25) is 0 Å². The predicted molar refractivity (Wildman–Crippen MR) is 75.9 cm³/mol. The Kier molecular flexibility index (Phi) is 2.77. The molecule has 7 heteroatoms. The number of hydrogen-bond donors (Lipinski definition) is 2. The molecule has 1 aromatic rings. The summed E-state index contributed by atoms with van der Waals surface area (Å²) >= 11 is 3.40. The molecule has 3 heterocycles. The van der Waals surface area contributed by atoms with E-state index in [4.69, 9.17) is 9.47 Å². The number of hydrogen-bond acceptors (Lipinski definition) is 4. The fraction of sp³-hybridized carbons (Fsp3) is 0.429. The van der Waals surface area contributed by atoms with Crippen LogP contribution >= 0.6 is 15.9 Å². The maximum atomic E-state index is 12.5. The van der Waals surface area contributed by atoms with Crippen molar-refractivity contribution in [3.05, 3.63) is 28.2 Å².